The van der Waals surface area contributed by atoms with Crippen molar-refractivity contribution in [2.45, 2.75) is 26.3 Å². The first kappa shape index (κ1) is 12.3. The molecule has 0 aliphatic rings. The highest BCUT2D eigenvalue weighted by molar-refractivity contribution is 5.70. The molecule has 6 nitrogen and oxygen atoms in total. The van der Waals surface area contributed by atoms with Crippen LogP contribution in [0.15, 0.2) is 0 Å². The van der Waals surface area contributed by atoms with E-state index in [1.165, 1.54) is 0 Å². The molecular formula is C10H16N4O2. The maximum atomic E-state index is 8.66. The summed E-state index contributed by atoms with van der Waals surface area (Å²) < 4.78 is 6.71. The first-order valence-corrected chi connectivity index (χ1v) is 4.92. The van der Waals surface area contributed by atoms with Crippen LogP contribution < -0.4 is 10.5 Å². The fraction of sp³-hybridized carbons (Fsp3) is 0.600. The summed E-state index contributed by atoms with van der Waals surface area (Å²) in [5.41, 5.74) is 5.70. The van der Waals surface area contributed by atoms with Crippen molar-refractivity contribution in [3.8, 4) is 5.88 Å². The van der Waals surface area contributed by atoms with Gasteiger partial charge in [-0.15, -0.1) is 5.10 Å². The van der Waals surface area contributed by atoms with Gasteiger partial charge in [0.25, 0.3) is 5.69 Å². The van der Waals surface area contributed by atoms with E-state index in [2.05, 4.69) is 9.94 Å². The number of hydrogen-bond acceptors (Lipinski definition) is 4. The van der Waals surface area contributed by atoms with E-state index in [0.29, 0.717) is 0 Å². The minimum absolute atomic E-state index is 0.100. The second-order valence-corrected chi connectivity index (χ2v) is 4.31. The minimum Gasteiger partial charge on any atom is -0.483 e. The summed E-state index contributed by atoms with van der Waals surface area (Å²) >= 11 is 0. The number of nitrogen functional groups attached to an aromatic ring is 1. The number of rotatable bonds is 3. The van der Waals surface area contributed by atoms with Crippen LogP contribution in [0.1, 0.15) is 20.8 Å². The van der Waals surface area contributed by atoms with Crippen molar-refractivity contribution in [3.63, 3.8) is 0 Å². The largest absolute Gasteiger partial charge is 0.483 e. The molecule has 0 saturated carbocycles. The minimum atomic E-state index is -0.315. The molecule has 0 fully saturated rings. The van der Waals surface area contributed by atoms with E-state index in [9.17, 15) is 0 Å². The maximum absolute atomic E-state index is 8.66. The van der Waals surface area contributed by atoms with Crippen LogP contribution in [-0.4, -0.2) is 28.1 Å². The molecule has 0 aliphatic heterocycles. The van der Waals surface area contributed by atoms with Crippen LogP contribution in [0.2, 0.25) is 0 Å². The summed E-state index contributed by atoms with van der Waals surface area (Å²) in [6, 6.07) is 0. The third-order valence-corrected chi connectivity index (χ3v) is 1.94. The van der Waals surface area contributed by atoms with E-state index >= 15 is 0 Å². The van der Waals surface area contributed by atoms with E-state index in [0.717, 1.165) is 0 Å². The predicted octanol–water partition coefficient (Wildman–Crippen LogP) is 1.14. The zero-order valence-corrected chi connectivity index (χ0v) is 9.69. The lowest BCUT2D eigenvalue weighted by Crippen LogP contribution is -2.24. The zero-order chi connectivity index (χ0) is 12.3. The predicted molar refractivity (Wildman–Crippen MR) is 60.5 cm³/mol. The van der Waals surface area contributed by atoms with Crippen LogP contribution in [-0.2, 0) is 5.54 Å². The van der Waals surface area contributed by atoms with Crippen LogP contribution in [0.25, 0.3) is 4.85 Å². The molecule has 1 aromatic heterocycles. The van der Waals surface area contributed by atoms with E-state index < -0.39 is 0 Å². The van der Waals surface area contributed by atoms with Crippen molar-refractivity contribution in [2.75, 3.05) is 18.9 Å². The van der Waals surface area contributed by atoms with Crippen LogP contribution in [0.4, 0.5) is 11.5 Å². The van der Waals surface area contributed by atoms with Crippen LogP contribution in [0.5, 0.6) is 5.88 Å². The molecule has 0 unspecified atom stereocenters. The molecule has 0 bridgehead atoms. The molecule has 0 radical (unpaired) electrons. The number of nitrogens with two attached hydrogens (primary N) is 1. The van der Waals surface area contributed by atoms with Crippen molar-refractivity contribution >= 4 is 11.5 Å². The van der Waals surface area contributed by atoms with Crippen molar-refractivity contribution < 1.29 is 9.84 Å². The highest BCUT2D eigenvalue weighted by Gasteiger charge is 2.24. The molecule has 3 N–H and O–H groups in total. The average molecular weight is 224 g/mol. The van der Waals surface area contributed by atoms with Gasteiger partial charge in [-0.3, -0.25) is 4.68 Å². The van der Waals surface area contributed by atoms with Gasteiger partial charge < -0.3 is 15.6 Å². The van der Waals surface area contributed by atoms with Gasteiger partial charge in [0, 0.05) is 0 Å². The van der Waals surface area contributed by atoms with Gasteiger partial charge in [-0.25, -0.2) is 4.85 Å². The number of nitrogens with zero attached hydrogens (tertiary/aromatic N) is 3. The second kappa shape index (κ2) is 4.41. The molecule has 0 atom stereocenters. The standard InChI is InChI=1S/C10H16N4O2/c1-10(2,3)14-8(11)7(12-4)9(13-14)16-6-5-15/h15H,5-6,11H2,1-3H3. The molecule has 0 aliphatic carbocycles. The van der Waals surface area contributed by atoms with Gasteiger partial charge in [-0.05, 0) is 20.8 Å². The van der Waals surface area contributed by atoms with Crippen molar-refractivity contribution in [1.82, 2.24) is 9.78 Å². The summed E-state index contributed by atoms with van der Waals surface area (Å²) in [6.45, 7) is 12.8. The fourth-order valence-electron chi connectivity index (χ4n) is 1.26. The summed E-state index contributed by atoms with van der Waals surface area (Å²) in [4.78, 5) is 3.29. The third kappa shape index (κ3) is 2.25. The smallest absolute Gasteiger partial charge is 0.288 e. The van der Waals surface area contributed by atoms with Gasteiger partial charge in [0.15, 0.2) is 0 Å². The van der Waals surface area contributed by atoms with Gasteiger partial charge in [0.1, 0.15) is 12.4 Å². The number of ether oxygens (including phenoxy) is 1. The van der Waals surface area contributed by atoms with Crippen molar-refractivity contribution in [2.24, 2.45) is 0 Å². The average Bonchev–Trinajstić information content (AvgIpc) is 2.51. The highest BCUT2D eigenvalue weighted by Crippen LogP contribution is 2.36. The molecule has 0 saturated heterocycles. The second-order valence-electron chi connectivity index (χ2n) is 4.31. The molecule has 16 heavy (non-hydrogen) atoms. The zero-order valence-electron chi connectivity index (χ0n) is 9.69. The lowest BCUT2D eigenvalue weighted by atomic mass is 10.1. The first-order valence-electron chi connectivity index (χ1n) is 4.92. The lowest BCUT2D eigenvalue weighted by molar-refractivity contribution is 0.194. The van der Waals surface area contributed by atoms with E-state index in [-0.39, 0.29) is 36.1 Å². The molecule has 6 heteroatoms. The molecule has 1 rings (SSSR count). The Kier molecular flexibility index (Phi) is 3.40. The van der Waals surface area contributed by atoms with E-state index in [1.54, 1.807) is 4.68 Å². The molecule has 1 heterocycles. The summed E-state index contributed by atoms with van der Waals surface area (Å²) in [5, 5.41) is 12.8. The number of aliphatic hydroxyl groups is 1. The lowest BCUT2D eigenvalue weighted by Gasteiger charge is -2.20. The Balaban J connectivity index is 3.16. The molecule has 1 aromatic rings. The molecule has 0 aromatic carbocycles. The summed E-state index contributed by atoms with van der Waals surface area (Å²) in [6.07, 6.45) is 0. The Morgan fingerprint density at radius 3 is 2.62 bits per heavy atom. The third-order valence-electron chi connectivity index (χ3n) is 1.94. The monoisotopic (exact) mass is 224 g/mol. The fourth-order valence-corrected chi connectivity index (χ4v) is 1.26. The normalized spacial score (nSPS) is 11.2. The number of anilines is 1. The van der Waals surface area contributed by atoms with Gasteiger partial charge in [-0.2, -0.15) is 0 Å². The Hall–Kier alpha value is -1.74. The Labute approximate surface area is 94.4 Å². The topological polar surface area (TPSA) is 77.7 Å². The van der Waals surface area contributed by atoms with Crippen LogP contribution >= 0.6 is 0 Å². The van der Waals surface area contributed by atoms with Crippen molar-refractivity contribution in [3.05, 3.63) is 11.4 Å². The summed E-state index contributed by atoms with van der Waals surface area (Å²) in [5.74, 6) is 0.465. The van der Waals surface area contributed by atoms with Crippen molar-refractivity contribution in [1.29, 1.82) is 0 Å². The molecule has 88 valence electrons. The number of hydrogen-bond donors (Lipinski definition) is 2. The summed E-state index contributed by atoms with van der Waals surface area (Å²) in [7, 11) is 0. The Morgan fingerprint density at radius 1 is 1.56 bits per heavy atom. The maximum Gasteiger partial charge on any atom is 0.288 e. The Morgan fingerprint density at radius 2 is 2.19 bits per heavy atom. The number of aromatic nitrogens is 2. The quantitative estimate of drug-likeness (QED) is 0.755. The van der Waals surface area contributed by atoms with Gasteiger partial charge in [-0.1, -0.05) is 0 Å². The molecule has 0 spiro atoms. The van der Waals surface area contributed by atoms with Crippen LogP contribution in [0.3, 0.4) is 0 Å². The van der Waals surface area contributed by atoms with E-state index in [4.69, 9.17) is 22.1 Å². The van der Waals surface area contributed by atoms with Crippen LogP contribution in [0, 0.1) is 6.57 Å². The SMILES string of the molecule is [C-]#[N+]c1c(OCCO)nn(C(C)(C)C)c1N. The Bertz CT molecular complexity index is 412. The van der Waals surface area contributed by atoms with Gasteiger partial charge in [0.05, 0.1) is 18.7 Å². The first-order chi connectivity index (χ1) is 7.41. The van der Waals surface area contributed by atoms with Gasteiger partial charge >= 0.3 is 0 Å². The molecular weight excluding hydrogens is 208 g/mol. The van der Waals surface area contributed by atoms with Gasteiger partial charge in [0.2, 0.25) is 5.88 Å². The number of aliphatic hydroxyl groups excluding tert-OH is 1. The van der Waals surface area contributed by atoms with E-state index in [1.807, 2.05) is 20.8 Å². The molecule has 0 amide bonds. The highest BCUT2D eigenvalue weighted by atomic mass is 16.5.